The largest absolute Gasteiger partial charge is 0.508 e. The molecule has 1 aromatic carbocycles. The number of primary amides is 1. The predicted molar refractivity (Wildman–Crippen MR) is 141 cm³/mol. The topological polar surface area (TPSA) is 277 Å². The molecule has 1 aromatic rings. The normalized spacial score (nSPS) is 13.8. The van der Waals surface area contributed by atoms with Gasteiger partial charge in [-0.15, -0.1) is 0 Å². The Morgan fingerprint density at radius 3 is 1.82 bits per heavy atom. The second-order valence-corrected chi connectivity index (χ2v) is 9.22. The number of phenols is 1. The van der Waals surface area contributed by atoms with E-state index in [0.29, 0.717) is 24.9 Å². The SMILES string of the molecule is NCCCCC(NC(=O)C(CCC(N)=O)NC(=O)C(N)CCC(=O)O)C(=O)NC(Cc1ccc(O)cc1)C(=O)O. The van der Waals surface area contributed by atoms with E-state index in [1.165, 1.54) is 24.3 Å². The molecule has 40 heavy (non-hydrogen) atoms. The van der Waals surface area contributed by atoms with Crippen molar-refractivity contribution in [2.45, 2.75) is 75.5 Å². The van der Waals surface area contributed by atoms with Gasteiger partial charge in [0.1, 0.15) is 23.9 Å². The number of amides is 4. The summed E-state index contributed by atoms with van der Waals surface area (Å²) in [6.07, 6.45) is -0.198. The van der Waals surface area contributed by atoms with Gasteiger partial charge < -0.3 is 48.5 Å². The van der Waals surface area contributed by atoms with Crippen molar-refractivity contribution < 1.29 is 44.1 Å². The fourth-order valence-corrected chi connectivity index (χ4v) is 3.62. The first-order chi connectivity index (χ1) is 18.8. The quantitative estimate of drug-likeness (QED) is 0.0830. The molecule has 0 spiro atoms. The molecule has 0 aliphatic carbocycles. The van der Waals surface area contributed by atoms with E-state index in [1.54, 1.807) is 0 Å². The van der Waals surface area contributed by atoms with Crippen molar-refractivity contribution in [3.63, 3.8) is 0 Å². The summed E-state index contributed by atoms with van der Waals surface area (Å²) in [5.74, 6) is -5.73. The number of carboxylic acids is 2. The molecular formula is C25H38N6O9. The molecule has 1 rings (SSSR count). The van der Waals surface area contributed by atoms with Crippen molar-refractivity contribution in [3.05, 3.63) is 29.8 Å². The van der Waals surface area contributed by atoms with Gasteiger partial charge in [-0.25, -0.2) is 4.79 Å². The van der Waals surface area contributed by atoms with Crippen LogP contribution in [0.2, 0.25) is 0 Å². The maximum atomic E-state index is 13.1. The van der Waals surface area contributed by atoms with E-state index in [-0.39, 0.29) is 44.3 Å². The highest BCUT2D eigenvalue weighted by atomic mass is 16.4. The minimum Gasteiger partial charge on any atom is -0.508 e. The molecule has 4 unspecified atom stereocenters. The average Bonchev–Trinajstić information content (AvgIpc) is 2.89. The fraction of sp³-hybridized carbons (Fsp3) is 0.520. The fourth-order valence-electron chi connectivity index (χ4n) is 3.62. The monoisotopic (exact) mass is 566 g/mol. The van der Waals surface area contributed by atoms with Crippen LogP contribution >= 0.6 is 0 Å². The van der Waals surface area contributed by atoms with Crippen LogP contribution in [-0.4, -0.2) is 81.6 Å². The highest BCUT2D eigenvalue weighted by Gasteiger charge is 2.30. The highest BCUT2D eigenvalue weighted by Crippen LogP contribution is 2.12. The Morgan fingerprint density at radius 2 is 1.30 bits per heavy atom. The molecule has 4 amide bonds. The third-order valence-corrected chi connectivity index (χ3v) is 5.89. The van der Waals surface area contributed by atoms with E-state index in [9.17, 15) is 39.0 Å². The minimum absolute atomic E-state index is 0.0110. The number of carbonyl (C=O) groups excluding carboxylic acids is 4. The van der Waals surface area contributed by atoms with Gasteiger partial charge in [-0.2, -0.15) is 0 Å². The first-order valence-electron chi connectivity index (χ1n) is 12.7. The van der Waals surface area contributed by atoms with Crippen LogP contribution in [0.4, 0.5) is 0 Å². The van der Waals surface area contributed by atoms with E-state index in [2.05, 4.69) is 16.0 Å². The Hall–Kier alpha value is -4.24. The zero-order valence-corrected chi connectivity index (χ0v) is 22.0. The standard InChI is InChI=1S/C25H38N6O9/c26-12-2-1-3-17(23(37)31-19(25(39)40)13-14-4-6-15(32)7-5-14)30-24(38)18(9-10-20(28)33)29-22(36)16(27)8-11-21(34)35/h4-7,16-19,32H,1-3,8-13,26-27H2,(H2,28,33)(H,29,36)(H,30,38)(H,31,37)(H,34,35)(H,39,40). The molecule has 0 bridgehead atoms. The lowest BCUT2D eigenvalue weighted by Crippen LogP contribution is -2.57. The molecule has 0 aliphatic rings. The van der Waals surface area contributed by atoms with Crippen LogP contribution in [0.5, 0.6) is 5.75 Å². The van der Waals surface area contributed by atoms with Crippen LogP contribution in [-0.2, 0) is 35.2 Å². The number of nitrogens with one attached hydrogen (secondary N) is 3. The summed E-state index contributed by atoms with van der Waals surface area (Å²) in [5.41, 5.74) is 16.9. The third-order valence-electron chi connectivity index (χ3n) is 5.89. The van der Waals surface area contributed by atoms with Crippen molar-refractivity contribution in [2.24, 2.45) is 17.2 Å². The number of carboxylic acid groups (broad SMARTS) is 2. The molecule has 0 saturated carbocycles. The summed E-state index contributed by atoms with van der Waals surface area (Å²) in [7, 11) is 0. The summed E-state index contributed by atoms with van der Waals surface area (Å²) in [5, 5.41) is 35.1. The van der Waals surface area contributed by atoms with Gasteiger partial charge in [0, 0.05) is 19.3 Å². The van der Waals surface area contributed by atoms with Gasteiger partial charge in [0.05, 0.1) is 6.04 Å². The molecule has 222 valence electrons. The maximum absolute atomic E-state index is 13.1. The summed E-state index contributed by atoms with van der Waals surface area (Å²) < 4.78 is 0. The number of carbonyl (C=O) groups is 6. The van der Waals surface area contributed by atoms with Crippen LogP contribution < -0.4 is 33.2 Å². The van der Waals surface area contributed by atoms with Crippen molar-refractivity contribution in [1.29, 1.82) is 0 Å². The zero-order chi connectivity index (χ0) is 30.2. The van der Waals surface area contributed by atoms with Crippen molar-refractivity contribution in [2.75, 3.05) is 6.54 Å². The Labute approximate surface area is 230 Å². The van der Waals surface area contributed by atoms with Gasteiger partial charge >= 0.3 is 11.9 Å². The Kier molecular flexibility index (Phi) is 14.7. The number of aromatic hydroxyl groups is 1. The molecule has 0 saturated heterocycles. The van der Waals surface area contributed by atoms with E-state index in [4.69, 9.17) is 22.3 Å². The summed E-state index contributed by atoms with van der Waals surface area (Å²) >= 11 is 0. The molecule has 15 heteroatoms. The van der Waals surface area contributed by atoms with Gasteiger partial charge in [0.15, 0.2) is 0 Å². The zero-order valence-electron chi connectivity index (χ0n) is 22.0. The number of hydrogen-bond acceptors (Lipinski definition) is 9. The van der Waals surface area contributed by atoms with E-state index < -0.39 is 59.7 Å². The molecule has 12 N–H and O–H groups in total. The summed E-state index contributed by atoms with van der Waals surface area (Å²) in [6.45, 7) is 0.312. The number of hydrogen-bond donors (Lipinski definition) is 9. The van der Waals surface area contributed by atoms with Crippen molar-refractivity contribution >= 4 is 35.6 Å². The smallest absolute Gasteiger partial charge is 0.326 e. The number of phenolic OH excluding ortho intramolecular Hbond substituents is 1. The molecule has 4 atom stereocenters. The number of aliphatic carboxylic acids is 2. The molecule has 0 radical (unpaired) electrons. The highest BCUT2D eigenvalue weighted by molar-refractivity contribution is 5.94. The number of unbranched alkanes of at least 4 members (excludes halogenated alkanes) is 1. The van der Waals surface area contributed by atoms with E-state index in [0.717, 1.165) is 0 Å². The van der Waals surface area contributed by atoms with Gasteiger partial charge in [-0.3, -0.25) is 24.0 Å². The molecule has 0 aliphatic heterocycles. The minimum atomic E-state index is -1.36. The summed E-state index contributed by atoms with van der Waals surface area (Å²) in [6, 6.07) is 0.599. The first-order valence-corrected chi connectivity index (χ1v) is 12.7. The van der Waals surface area contributed by atoms with Crippen LogP contribution in [0.1, 0.15) is 50.5 Å². The first kappa shape index (κ1) is 33.8. The molecule has 15 nitrogen and oxygen atoms in total. The molecule has 0 fully saturated rings. The maximum Gasteiger partial charge on any atom is 0.326 e. The summed E-state index contributed by atoms with van der Waals surface area (Å²) in [4.78, 5) is 72.6. The Morgan fingerprint density at radius 1 is 0.750 bits per heavy atom. The lowest BCUT2D eigenvalue weighted by Gasteiger charge is -2.25. The Bertz CT molecular complexity index is 1030. The van der Waals surface area contributed by atoms with Crippen LogP contribution in [0.3, 0.4) is 0 Å². The molecular weight excluding hydrogens is 528 g/mol. The van der Waals surface area contributed by atoms with Gasteiger partial charge in [0.25, 0.3) is 0 Å². The van der Waals surface area contributed by atoms with E-state index >= 15 is 0 Å². The second kappa shape index (κ2) is 17.4. The third kappa shape index (κ3) is 13.0. The van der Waals surface area contributed by atoms with Gasteiger partial charge in [0.2, 0.25) is 23.6 Å². The predicted octanol–water partition coefficient (Wildman–Crippen LogP) is -1.94. The van der Waals surface area contributed by atoms with Crippen molar-refractivity contribution in [3.8, 4) is 5.75 Å². The number of nitrogens with two attached hydrogens (primary N) is 3. The average molecular weight is 567 g/mol. The van der Waals surface area contributed by atoms with Gasteiger partial charge in [-0.1, -0.05) is 12.1 Å². The van der Waals surface area contributed by atoms with Crippen LogP contribution in [0.25, 0.3) is 0 Å². The molecule has 0 heterocycles. The lowest BCUT2D eigenvalue weighted by molar-refractivity contribution is -0.142. The number of rotatable bonds is 19. The van der Waals surface area contributed by atoms with E-state index in [1.807, 2.05) is 0 Å². The van der Waals surface area contributed by atoms with Crippen LogP contribution in [0.15, 0.2) is 24.3 Å². The van der Waals surface area contributed by atoms with Crippen LogP contribution in [0, 0.1) is 0 Å². The Balaban J connectivity index is 3.04. The van der Waals surface area contributed by atoms with Crippen molar-refractivity contribution in [1.82, 2.24) is 16.0 Å². The van der Waals surface area contributed by atoms with Gasteiger partial charge in [-0.05, 0) is 56.3 Å². The lowest BCUT2D eigenvalue weighted by atomic mass is 10.0. The second-order valence-electron chi connectivity index (χ2n) is 9.22. The molecule has 0 aromatic heterocycles. The number of benzene rings is 1.